The third-order valence-corrected chi connectivity index (χ3v) is 4.05. The summed E-state index contributed by atoms with van der Waals surface area (Å²) in [7, 11) is 0. The van der Waals surface area contributed by atoms with Crippen LogP contribution in [-0.2, 0) is 6.54 Å². The maximum Gasteiger partial charge on any atom is 0.0304 e. The van der Waals surface area contributed by atoms with Crippen molar-refractivity contribution in [3.05, 3.63) is 21.9 Å². The minimum atomic E-state index is 0.663. The van der Waals surface area contributed by atoms with Crippen LogP contribution in [0.25, 0.3) is 0 Å². The molecule has 0 saturated heterocycles. The summed E-state index contributed by atoms with van der Waals surface area (Å²) in [6, 6.07) is 2.87. The van der Waals surface area contributed by atoms with Crippen molar-refractivity contribution in [3.8, 4) is 0 Å². The molecule has 0 aromatic carbocycles. The zero-order valence-corrected chi connectivity index (χ0v) is 12.7. The highest BCUT2D eigenvalue weighted by atomic mass is 32.1. The molecule has 0 radical (unpaired) electrons. The van der Waals surface area contributed by atoms with Gasteiger partial charge in [-0.1, -0.05) is 27.7 Å². The van der Waals surface area contributed by atoms with Crippen LogP contribution >= 0.6 is 11.3 Å². The Hall–Kier alpha value is -0.340. The summed E-state index contributed by atoms with van der Waals surface area (Å²) in [6.07, 6.45) is 2.56. The third kappa shape index (κ3) is 5.69. The largest absolute Gasteiger partial charge is 0.309 e. The molecule has 0 amide bonds. The fourth-order valence-electron chi connectivity index (χ4n) is 2.22. The molecule has 98 valence electrons. The summed E-state index contributed by atoms with van der Waals surface area (Å²) in [6.45, 7) is 12.5. The van der Waals surface area contributed by atoms with Crippen molar-refractivity contribution < 1.29 is 0 Å². The molecule has 0 bridgehead atoms. The topological polar surface area (TPSA) is 12.0 Å². The van der Waals surface area contributed by atoms with Crippen molar-refractivity contribution >= 4 is 11.3 Å². The molecular formula is C15H27NS. The lowest BCUT2D eigenvalue weighted by atomic mass is 9.95. The van der Waals surface area contributed by atoms with Gasteiger partial charge in [-0.3, -0.25) is 0 Å². The van der Waals surface area contributed by atoms with Crippen LogP contribution < -0.4 is 5.32 Å². The molecule has 1 rings (SSSR count). The first-order valence-electron chi connectivity index (χ1n) is 6.75. The Labute approximate surface area is 111 Å². The Morgan fingerprint density at radius 1 is 1.12 bits per heavy atom. The van der Waals surface area contributed by atoms with Gasteiger partial charge in [0.2, 0.25) is 0 Å². The average molecular weight is 253 g/mol. The maximum atomic E-state index is 3.74. The van der Waals surface area contributed by atoms with Crippen molar-refractivity contribution in [2.24, 2.45) is 11.8 Å². The van der Waals surface area contributed by atoms with Gasteiger partial charge in [-0.25, -0.2) is 0 Å². The summed E-state index contributed by atoms with van der Waals surface area (Å²) >= 11 is 1.87. The molecule has 0 fully saturated rings. The van der Waals surface area contributed by atoms with Crippen molar-refractivity contribution in [3.63, 3.8) is 0 Å². The normalized spacial score (nSPS) is 12.0. The van der Waals surface area contributed by atoms with Crippen LogP contribution in [0.1, 0.15) is 51.0 Å². The molecule has 17 heavy (non-hydrogen) atoms. The van der Waals surface area contributed by atoms with Crippen molar-refractivity contribution in [1.82, 2.24) is 5.32 Å². The number of hydrogen-bond donors (Lipinski definition) is 1. The molecule has 2 heteroatoms. The van der Waals surface area contributed by atoms with Crippen LogP contribution in [0.5, 0.6) is 0 Å². The average Bonchev–Trinajstić information content (AvgIpc) is 2.59. The fourth-order valence-corrected chi connectivity index (χ4v) is 3.08. The van der Waals surface area contributed by atoms with E-state index in [-0.39, 0.29) is 0 Å². The predicted molar refractivity (Wildman–Crippen MR) is 78.6 cm³/mol. The van der Waals surface area contributed by atoms with E-state index in [1.807, 2.05) is 11.3 Å². The summed E-state index contributed by atoms with van der Waals surface area (Å²) < 4.78 is 0. The van der Waals surface area contributed by atoms with Gasteiger partial charge < -0.3 is 5.32 Å². The maximum absolute atomic E-state index is 3.74. The lowest BCUT2D eigenvalue weighted by Crippen LogP contribution is -2.31. The third-order valence-electron chi connectivity index (χ3n) is 3.03. The summed E-state index contributed by atoms with van der Waals surface area (Å²) in [5, 5.41) is 5.92. The Morgan fingerprint density at radius 3 is 2.12 bits per heavy atom. The molecular weight excluding hydrogens is 226 g/mol. The highest BCUT2D eigenvalue weighted by Gasteiger charge is 2.13. The Balaban J connectivity index is 2.45. The van der Waals surface area contributed by atoms with Crippen molar-refractivity contribution in [2.75, 3.05) is 0 Å². The van der Waals surface area contributed by atoms with E-state index in [1.165, 1.54) is 23.3 Å². The monoisotopic (exact) mass is 253 g/mol. The molecule has 1 aromatic heterocycles. The van der Waals surface area contributed by atoms with Crippen LogP contribution in [-0.4, -0.2) is 6.04 Å². The van der Waals surface area contributed by atoms with Gasteiger partial charge in [-0.15, -0.1) is 11.3 Å². The van der Waals surface area contributed by atoms with E-state index >= 15 is 0 Å². The summed E-state index contributed by atoms with van der Waals surface area (Å²) in [5.41, 5.74) is 1.43. The highest BCUT2D eigenvalue weighted by Crippen LogP contribution is 2.18. The molecule has 0 aliphatic rings. The molecule has 1 nitrogen and oxygen atoms in total. The lowest BCUT2D eigenvalue weighted by Gasteiger charge is -2.22. The molecule has 0 aliphatic heterocycles. The van der Waals surface area contributed by atoms with E-state index in [2.05, 4.69) is 51.4 Å². The predicted octanol–water partition coefficient (Wildman–Crippen LogP) is 4.61. The van der Waals surface area contributed by atoms with E-state index in [4.69, 9.17) is 0 Å². The van der Waals surface area contributed by atoms with Gasteiger partial charge in [0.25, 0.3) is 0 Å². The van der Waals surface area contributed by atoms with Gasteiger partial charge in [0.1, 0.15) is 0 Å². The summed E-state index contributed by atoms with van der Waals surface area (Å²) in [4.78, 5) is 1.49. The Morgan fingerprint density at radius 2 is 1.71 bits per heavy atom. The molecule has 1 N–H and O–H groups in total. The molecule has 0 atom stereocenters. The first kappa shape index (κ1) is 14.7. The smallest absolute Gasteiger partial charge is 0.0304 e. The second-order valence-electron chi connectivity index (χ2n) is 5.86. The second-order valence-corrected chi connectivity index (χ2v) is 6.86. The van der Waals surface area contributed by atoms with Gasteiger partial charge in [0.05, 0.1) is 0 Å². The van der Waals surface area contributed by atoms with Crippen molar-refractivity contribution in [1.29, 1.82) is 0 Å². The molecule has 0 aliphatic carbocycles. The molecule has 0 unspecified atom stereocenters. The zero-order valence-electron chi connectivity index (χ0n) is 11.9. The summed E-state index contributed by atoms with van der Waals surface area (Å²) in [5.74, 6) is 1.55. The molecule has 0 saturated carbocycles. The van der Waals surface area contributed by atoms with Crippen LogP contribution in [0, 0.1) is 18.8 Å². The fraction of sp³-hybridized carbons (Fsp3) is 0.733. The minimum Gasteiger partial charge on any atom is -0.309 e. The van der Waals surface area contributed by atoms with E-state index in [1.54, 1.807) is 0 Å². The quantitative estimate of drug-likeness (QED) is 0.748. The Bertz CT molecular complexity index is 304. The number of nitrogens with one attached hydrogen (secondary N) is 1. The first-order chi connectivity index (χ1) is 7.99. The standard InChI is InChI=1S/C15H27NS/c1-11(2)8-14(9-12(3)4)16-10-15-13(5)6-7-17-15/h6-7,11-12,14,16H,8-10H2,1-5H3. The van der Waals surface area contributed by atoms with Gasteiger partial charge in [-0.2, -0.15) is 0 Å². The van der Waals surface area contributed by atoms with Gasteiger partial charge >= 0.3 is 0 Å². The Kier molecular flexibility index (Phi) is 6.21. The van der Waals surface area contributed by atoms with Crippen molar-refractivity contribution in [2.45, 2.75) is 60.0 Å². The van der Waals surface area contributed by atoms with Crippen LogP contribution in [0.4, 0.5) is 0 Å². The number of hydrogen-bond acceptors (Lipinski definition) is 2. The molecule has 1 aromatic rings. The van der Waals surface area contributed by atoms with Crippen LogP contribution in [0.15, 0.2) is 11.4 Å². The van der Waals surface area contributed by atoms with E-state index in [0.29, 0.717) is 6.04 Å². The SMILES string of the molecule is Cc1ccsc1CNC(CC(C)C)CC(C)C. The second kappa shape index (κ2) is 7.17. The first-order valence-corrected chi connectivity index (χ1v) is 7.63. The minimum absolute atomic E-state index is 0.663. The van der Waals surface area contributed by atoms with E-state index in [9.17, 15) is 0 Å². The number of rotatable bonds is 7. The number of thiophene rings is 1. The van der Waals surface area contributed by atoms with E-state index < -0.39 is 0 Å². The lowest BCUT2D eigenvalue weighted by molar-refractivity contribution is 0.359. The van der Waals surface area contributed by atoms with Crippen LogP contribution in [0.3, 0.4) is 0 Å². The molecule has 1 heterocycles. The van der Waals surface area contributed by atoms with Gasteiger partial charge in [0, 0.05) is 17.5 Å². The van der Waals surface area contributed by atoms with Gasteiger partial charge in [0.15, 0.2) is 0 Å². The number of aryl methyl sites for hydroxylation is 1. The van der Waals surface area contributed by atoms with E-state index in [0.717, 1.165) is 18.4 Å². The zero-order chi connectivity index (χ0) is 12.8. The molecule has 0 spiro atoms. The van der Waals surface area contributed by atoms with Crippen LogP contribution in [0.2, 0.25) is 0 Å². The highest BCUT2D eigenvalue weighted by molar-refractivity contribution is 7.10. The van der Waals surface area contributed by atoms with Gasteiger partial charge in [-0.05, 0) is 48.6 Å².